The molecule has 0 aliphatic heterocycles. The van der Waals surface area contributed by atoms with E-state index in [1.54, 1.807) is 6.26 Å². The Morgan fingerprint density at radius 1 is 1.60 bits per heavy atom. The summed E-state index contributed by atoms with van der Waals surface area (Å²) < 4.78 is 5.13. The molecule has 0 aliphatic rings. The molecule has 1 aromatic rings. The zero-order valence-electron chi connectivity index (χ0n) is 6.42. The van der Waals surface area contributed by atoms with Crippen molar-refractivity contribution in [3.63, 3.8) is 0 Å². The van der Waals surface area contributed by atoms with Crippen molar-refractivity contribution in [2.24, 2.45) is 5.73 Å². The fourth-order valence-electron chi connectivity index (χ4n) is 0.862. The standard InChI is InChI=1S/C8H13NO/c1-8(2,9)6-7-4-3-5-10-7/h3-5H,6,9H2,1-2H3. The van der Waals surface area contributed by atoms with E-state index in [4.69, 9.17) is 10.2 Å². The first kappa shape index (κ1) is 7.35. The molecule has 0 saturated heterocycles. The van der Waals surface area contributed by atoms with Crippen molar-refractivity contribution in [2.45, 2.75) is 25.8 Å². The Morgan fingerprint density at radius 2 is 2.30 bits per heavy atom. The molecule has 2 N–H and O–H groups in total. The summed E-state index contributed by atoms with van der Waals surface area (Å²) in [6, 6.07) is 3.82. The fourth-order valence-corrected chi connectivity index (χ4v) is 0.862. The lowest BCUT2D eigenvalue weighted by Crippen LogP contribution is -2.34. The highest BCUT2D eigenvalue weighted by molar-refractivity contribution is 5.02. The van der Waals surface area contributed by atoms with Crippen molar-refractivity contribution >= 4 is 0 Å². The van der Waals surface area contributed by atoms with Gasteiger partial charge in [0, 0.05) is 12.0 Å². The highest BCUT2D eigenvalue weighted by atomic mass is 16.3. The van der Waals surface area contributed by atoms with Gasteiger partial charge in [0.25, 0.3) is 0 Å². The van der Waals surface area contributed by atoms with E-state index in [9.17, 15) is 0 Å². The van der Waals surface area contributed by atoms with Crippen LogP contribution in [0.2, 0.25) is 0 Å². The Labute approximate surface area is 61.0 Å². The summed E-state index contributed by atoms with van der Waals surface area (Å²) in [7, 11) is 0. The molecule has 0 atom stereocenters. The molecule has 0 spiro atoms. The van der Waals surface area contributed by atoms with Crippen LogP contribution in [-0.4, -0.2) is 5.54 Å². The van der Waals surface area contributed by atoms with Crippen molar-refractivity contribution in [2.75, 3.05) is 0 Å². The Balaban J connectivity index is 2.57. The average Bonchev–Trinajstić information content (AvgIpc) is 2.12. The maximum Gasteiger partial charge on any atom is 0.105 e. The zero-order valence-corrected chi connectivity index (χ0v) is 6.42. The van der Waals surface area contributed by atoms with Crippen LogP contribution in [0.5, 0.6) is 0 Å². The minimum atomic E-state index is -0.169. The van der Waals surface area contributed by atoms with Gasteiger partial charge in [0.1, 0.15) is 5.76 Å². The van der Waals surface area contributed by atoms with Crippen molar-refractivity contribution in [1.29, 1.82) is 0 Å². The smallest absolute Gasteiger partial charge is 0.105 e. The number of rotatable bonds is 2. The number of nitrogens with two attached hydrogens (primary N) is 1. The van der Waals surface area contributed by atoms with Gasteiger partial charge in [-0.1, -0.05) is 0 Å². The van der Waals surface area contributed by atoms with Gasteiger partial charge in [-0.3, -0.25) is 0 Å². The largest absolute Gasteiger partial charge is 0.469 e. The Kier molecular flexibility index (Phi) is 1.81. The molecule has 1 heterocycles. The summed E-state index contributed by atoms with van der Waals surface area (Å²) >= 11 is 0. The van der Waals surface area contributed by atoms with Crippen molar-refractivity contribution in [3.8, 4) is 0 Å². The van der Waals surface area contributed by atoms with Crippen LogP contribution in [0.25, 0.3) is 0 Å². The van der Waals surface area contributed by atoms with Crippen LogP contribution in [0.4, 0.5) is 0 Å². The molecule has 0 bridgehead atoms. The van der Waals surface area contributed by atoms with Crippen molar-refractivity contribution in [1.82, 2.24) is 0 Å². The molecule has 10 heavy (non-hydrogen) atoms. The van der Waals surface area contributed by atoms with Gasteiger partial charge in [-0.15, -0.1) is 0 Å². The number of hydrogen-bond acceptors (Lipinski definition) is 2. The van der Waals surface area contributed by atoms with E-state index in [-0.39, 0.29) is 5.54 Å². The van der Waals surface area contributed by atoms with Crippen LogP contribution < -0.4 is 5.73 Å². The predicted molar refractivity (Wildman–Crippen MR) is 40.7 cm³/mol. The second kappa shape index (κ2) is 2.46. The van der Waals surface area contributed by atoms with Crippen molar-refractivity contribution in [3.05, 3.63) is 24.2 Å². The molecule has 0 fully saturated rings. The van der Waals surface area contributed by atoms with Gasteiger partial charge in [0.2, 0.25) is 0 Å². The maximum absolute atomic E-state index is 5.77. The normalized spacial score (nSPS) is 11.9. The molecule has 1 aromatic heterocycles. The molecular weight excluding hydrogens is 126 g/mol. The lowest BCUT2D eigenvalue weighted by molar-refractivity contribution is 0.431. The maximum atomic E-state index is 5.77. The minimum Gasteiger partial charge on any atom is -0.469 e. The third-order valence-electron chi connectivity index (χ3n) is 1.21. The van der Waals surface area contributed by atoms with Gasteiger partial charge >= 0.3 is 0 Å². The van der Waals surface area contributed by atoms with E-state index in [2.05, 4.69) is 0 Å². The van der Waals surface area contributed by atoms with Crippen LogP contribution >= 0.6 is 0 Å². The minimum absolute atomic E-state index is 0.169. The number of hydrogen-bond donors (Lipinski definition) is 1. The Hall–Kier alpha value is -0.760. The first-order chi connectivity index (χ1) is 4.58. The third-order valence-corrected chi connectivity index (χ3v) is 1.21. The summed E-state index contributed by atoms with van der Waals surface area (Å²) in [6.45, 7) is 3.96. The molecule has 0 amide bonds. The molecule has 56 valence electrons. The zero-order chi connectivity index (χ0) is 7.61. The monoisotopic (exact) mass is 139 g/mol. The van der Waals surface area contributed by atoms with Crippen LogP contribution in [0.3, 0.4) is 0 Å². The lowest BCUT2D eigenvalue weighted by atomic mass is 10.0. The van der Waals surface area contributed by atoms with E-state index in [1.807, 2.05) is 26.0 Å². The summed E-state index contributed by atoms with van der Waals surface area (Å²) in [4.78, 5) is 0. The molecule has 2 nitrogen and oxygen atoms in total. The first-order valence-electron chi connectivity index (χ1n) is 3.39. The number of furan rings is 1. The van der Waals surface area contributed by atoms with Gasteiger partial charge in [-0.25, -0.2) is 0 Å². The average molecular weight is 139 g/mol. The predicted octanol–water partition coefficient (Wildman–Crippen LogP) is 1.56. The SMILES string of the molecule is CC(C)(N)Cc1ccco1. The molecule has 0 aliphatic carbocycles. The second-order valence-corrected chi connectivity index (χ2v) is 3.24. The molecule has 0 radical (unpaired) electrons. The quantitative estimate of drug-likeness (QED) is 0.675. The molecular formula is C8H13NO. The van der Waals surface area contributed by atoms with E-state index in [1.165, 1.54) is 0 Å². The summed E-state index contributed by atoms with van der Waals surface area (Å²) in [5, 5.41) is 0. The van der Waals surface area contributed by atoms with Gasteiger partial charge in [-0.2, -0.15) is 0 Å². The van der Waals surface area contributed by atoms with E-state index < -0.39 is 0 Å². The van der Waals surface area contributed by atoms with Crippen LogP contribution in [0.15, 0.2) is 22.8 Å². The van der Waals surface area contributed by atoms with Crippen molar-refractivity contribution < 1.29 is 4.42 Å². The topological polar surface area (TPSA) is 39.2 Å². The molecule has 0 unspecified atom stereocenters. The molecule has 0 saturated carbocycles. The molecule has 0 aromatic carbocycles. The fraction of sp³-hybridized carbons (Fsp3) is 0.500. The molecule has 2 heteroatoms. The highest BCUT2D eigenvalue weighted by Gasteiger charge is 2.12. The summed E-state index contributed by atoms with van der Waals surface area (Å²) in [5.41, 5.74) is 5.60. The van der Waals surface area contributed by atoms with E-state index in [0.717, 1.165) is 12.2 Å². The molecule has 1 rings (SSSR count). The van der Waals surface area contributed by atoms with Crippen LogP contribution in [0, 0.1) is 0 Å². The second-order valence-electron chi connectivity index (χ2n) is 3.24. The van der Waals surface area contributed by atoms with E-state index in [0.29, 0.717) is 0 Å². The van der Waals surface area contributed by atoms with Crippen LogP contribution in [-0.2, 0) is 6.42 Å². The summed E-state index contributed by atoms with van der Waals surface area (Å²) in [5.74, 6) is 0.951. The highest BCUT2D eigenvalue weighted by Crippen LogP contribution is 2.09. The van der Waals surface area contributed by atoms with Gasteiger partial charge in [-0.05, 0) is 26.0 Å². The third kappa shape index (κ3) is 2.23. The Bertz CT molecular complexity index is 184. The van der Waals surface area contributed by atoms with E-state index >= 15 is 0 Å². The first-order valence-corrected chi connectivity index (χ1v) is 3.39. The Morgan fingerprint density at radius 3 is 2.70 bits per heavy atom. The van der Waals surface area contributed by atoms with Crippen LogP contribution in [0.1, 0.15) is 19.6 Å². The van der Waals surface area contributed by atoms with Gasteiger partial charge < -0.3 is 10.2 Å². The van der Waals surface area contributed by atoms with Gasteiger partial charge in [0.15, 0.2) is 0 Å². The summed E-state index contributed by atoms with van der Waals surface area (Å²) in [6.07, 6.45) is 2.46. The van der Waals surface area contributed by atoms with Gasteiger partial charge in [0.05, 0.1) is 6.26 Å². The lowest BCUT2D eigenvalue weighted by Gasteiger charge is -2.15.